The first-order valence-electron chi connectivity index (χ1n) is 10.8. The molecule has 0 amide bonds. The fourth-order valence-electron chi connectivity index (χ4n) is 4.35. The lowest BCUT2D eigenvalue weighted by atomic mass is 9.80. The lowest BCUT2D eigenvalue weighted by Gasteiger charge is -2.26. The van der Waals surface area contributed by atoms with E-state index in [-0.39, 0.29) is 0 Å². The number of carbonyl (C=O) groups is 1. The van der Waals surface area contributed by atoms with Gasteiger partial charge in [-0.3, -0.25) is 0 Å². The SMILES string of the molecule is CCCOc1c(Br)cc(/C=C2\CC(C)Cc3c2nc2ccccc2c3C(=O)O)cc1OC. The normalized spacial score (nSPS) is 16.8. The molecule has 0 aliphatic heterocycles. The van der Waals surface area contributed by atoms with Crippen molar-refractivity contribution in [1.82, 2.24) is 4.98 Å². The molecule has 0 fully saturated rings. The van der Waals surface area contributed by atoms with Crippen molar-refractivity contribution in [2.45, 2.75) is 33.1 Å². The van der Waals surface area contributed by atoms with Crippen molar-refractivity contribution in [2.24, 2.45) is 5.92 Å². The van der Waals surface area contributed by atoms with Gasteiger partial charge in [-0.2, -0.15) is 0 Å². The third kappa shape index (κ3) is 4.24. The molecular formula is C26H26BrNO4. The zero-order valence-corrected chi connectivity index (χ0v) is 20.0. The Bertz CT molecular complexity index is 1220. The number of halogens is 1. The van der Waals surface area contributed by atoms with Crippen LogP contribution >= 0.6 is 15.9 Å². The molecule has 0 spiro atoms. The molecule has 6 heteroatoms. The van der Waals surface area contributed by atoms with Crippen LogP contribution in [-0.4, -0.2) is 29.8 Å². The van der Waals surface area contributed by atoms with Gasteiger partial charge in [-0.1, -0.05) is 32.0 Å². The number of hydrogen-bond acceptors (Lipinski definition) is 4. The van der Waals surface area contributed by atoms with Gasteiger partial charge in [-0.05, 0) is 82.1 Å². The van der Waals surface area contributed by atoms with Crippen molar-refractivity contribution >= 4 is 44.5 Å². The molecule has 0 saturated heterocycles. The van der Waals surface area contributed by atoms with Gasteiger partial charge in [0.15, 0.2) is 11.5 Å². The highest BCUT2D eigenvalue weighted by Crippen LogP contribution is 2.41. The average molecular weight is 496 g/mol. The molecule has 1 N–H and O–H groups in total. The Hall–Kier alpha value is -2.86. The molecule has 1 aliphatic rings. The standard InChI is InChI=1S/C26H26BrNO4/c1-4-9-32-25-20(27)13-16(14-22(25)31-3)12-17-10-15(2)11-19-23(26(29)30)18-7-5-6-8-21(18)28-24(17)19/h5-8,12-15H,4,9-11H2,1-3H3,(H,29,30)/b17-12+. The van der Waals surface area contributed by atoms with Crippen LogP contribution in [0.4, 0.5) is 0 Å². The second kappa shape index (κ2) is 9.33. The Morgan fingerprint density at radius 1 is 1.28 bits per heavy atom. The van der Waals surface area contributed by atoms with E-state index in [0.29, 0.717) is 46.9 Å². The van der Waals surface area contributed by atoms with Crippen molar-refractivity contribution in [3.05, 3.63) is 63.3 Å². The average Bonchev–Trinajstić information content (AvgIpc) is 2.76. The number of carboxylic acids is 1. The van der Waals surface area contributed by atoms with E-state index < -0.39 is 5.97 Å². The number of ether oxygens (including phenoxy) is 2. The number of fused-ring (bicyclic) bond motifs is 2. The van der Waals surface area contributed by atoms with E-state index in [2.05, 4.69) is 35.9 Å². The molecule has 0 saturated carbocycles. The first-order valence-corrected chi connectivity index (χ1v) is 11.6. The highest BCUT2D eigenvalue weighted by Gasteiger charge is 2.28. The fourth-order valence-corrected chi connectivity index (χ4v) is 4.92. The summed E-state index contributed by atoms with van der Waals surface area (Å²) in [7, 11) is 1.63. The number of aromatic carboxylic acids is 1. The minimum absolute atomic E-state index is 0.312. The van der Waals surface area contributed by atoms with Gasteiger partial charge < -0.3 is 14.6 Å². The van der Waals surface area contributed by atoms with Crippen molar-refractivity contribution in [2.75, 3.05) is 13.7 Å². The maximum atomic E-state index is 12.2. The molecular weight excluding hydrogens is 470 g/mol. The summed E-state index contributed by atoms with van der Waals surface area (Å²) >= 11 is 3.61. The molecule has 3 aromatic rings. The molecule has 0 radical (unpaired) electrons. The summed E-state index contributed by atoms with van der Waals surface area (Å²) in [5, 5.41) is 10.7. The minimum atomic E-state index is -0.907. The Morgan fingerprint density at radius 3 is 2.78 bits per heavy atom. The number of rotatable bonds is 6. The van der Waals surface area contributed by atoms with Crippen LogP contribution in [0.2, 0.25) is 0 Å². The summed E-state index contributed by atoms with van der Waals surface area (Å²) in [4.78, 5) is 17.1. The molecule has 5 nitrogen and oxygen atoms in total. The van der Waals surface area contributed by atoms with Gasteiger partial charge >= 0.3 is 5.97 Å². The Balaban J connectivity index is 1.88. The highest BCUT2D eigenvalue weighted by atomic mass is 79.9. The van der Waals surface area contributed by atoms with Gasteiger partial charge in [0.25, 0.3) is 0 Å². The van der Waals surface area contributed by atoms with E-state index >= 15 is 0 Å². The molecule has 4 rings (SSSR count). The molecule has 1 aromatic heterocycles. The monoisotopic (exact) mass is 495 g/mol. The predicted octanol–water partition coefficient (Wildman–Crippen LogP) is 6.62. The molecule has 2 aromatic carbocycles. The highest BCUT2D eigenvalue weighted by molar-refractivity contribution is 9.10. The number of pyridine rings is 1. The van der Waals surface area contributed by atoms with Crippen molar-refractivity contribution < 1.29 is 19.4 Å². The lowest BCUT2D eigenvalue weighted by Crippen LogP contribution is -2.17. The summed E-state index contributed by atoms with van der Waals surface area (Å²) < 4.78 is 12.2. The molecule has 0 bridgehead atoms. The maximum absolute atomic E-state index is 12.2. The quantitative estimate of drug-likeness (QED) is 0.416. The number of methoxy groups -OCH3 is 1. The fraction of sp³-hybridized carbons (Fsp3) is 0.308. The van der Waals surface area contributed by atoms with E-state index in [0.717, 1.165) is 39.7 Å². The zero-order valence-electron chi connectivity index (χ0n) is 18.4. The topological polar surface area (TPSA) is 68.7 Å². The zero-order chi connectivity index (χ0) is 22.8. The largest absolute Gasteiger partial charge is 0.493 e. The number of allylic oxidation sites excluding steroid dienone is 1. The van der Waals surface area contributed by atoms with Crippen LogP contribution in [0.1, 0.15) is 53.9 Å². The van der Waals surface area contributed by atoms with Crippen LogP contribution in [0, 0.1) is 5.92 Å². The smallest absolute Gasteiger partial charge is 0.336 e. The van der Waals surface area contributed by atoms with Gasteiger partial charge in [0.2, 0.25) is 0 Å². The number of para-hydroxylation sites is 1. The van der Waals surface area contributed by atoms with Crippen LogP contribution in [0.5, 0.6) is 11.5 Å². The van der Waals surface area contributed by atoms with Crippen LogP contribution in [0.15, 0.2) is 40.9 Å². The second-order valence-corrected chi connectivity index (χ2v) is 9.06. The van der Waals surface area contributed by atoms with Gasteiger partial charge in [0, 0.05) is 5.39 Å². The van der Waals surface area contributed by atoms with E-state index in [4.69, 9.17) is 14.5 Å². The van der Waals surface area contributed by atoms with Crippen molar-refractivity contribution in [3.63, 3.8) is 0 Å². The van der Waals surface area contributed by atoms with E-state index in [1.807, 2.05) is 36.4 Å². The number of nitrogens with zero attached hydrogens (tertiary/aromatic N) is 1. The van der Waals surface area contributed by atoms with Gasteiger partial charge in [0.05, 0.1) is 35.0 Å². The molecule has 166 valence electrons. The Kier molecular flexibility index (Phi) is 6.51. The van der Waals surface area contributed by atoms with Gasteiger partial charge in [-0.25, -0.2) is 9.78 Å². The number of hydrogen-bond donors (Lipinski definition) is 1. The first-order chi connectivity index (χ1) is 15.4. The van der Waals surface area contributed by atoms with E-state index in [1.165, 1.54) is 0 Å². The number of benzene rings is 2. The summed E-state index contributed by atoms with van der Waals surface area (Å²) in [6.45, 7) is 4.81. The molecule has 32 heavy (non-hydrogen) atoms. The van der Waals surface area contributed by atoms with Crippen LogP contribution < -0.4 is 9.47 Å². The maximum Gasteiger partial charge on any atom is 0.336 e. The summed E-state index contributed by atoms with van der Waals surface area (Å²) in [6, 6.07) is 11.4. The summed E-state index contributed by atoms with van der Waals surface area (Å²) in [5.74, 6) is 0.745. The second-order valence-electron chi connectivity index (χ2n) is 8.20. The van der Waals surface area contributed by atoms with Gasteiger partial charge in [-0.15, -0.1) is 0 Å². The van der Waals surface area contributed by atoms with E-state index in [1.54, 1.807) is 7.11 Å². The minimum Gasteiger partial charge on any atom is -0.493 e. The first kappa shape index (κ1) is 22.3. The van der Waals surface area contributed by atoms with Crippen LogP contribution in [0.25, 0.3) is 22.6 Å². The van der Waals surface area contributed by atoms with E-state index in [9.17, 15) is 9.90 Å². The predicted molar refractivity (Wildman–Crippen MR) is 131 cm³/mol. The molecule has 1 aliphatic carbocycles. The third-order valence-corrected chi connectivity index (χ3v) is 6.26. The van der Waals surface area contributed by atoms with Crippen LogP contribution in [0.3, 0.4) is 0 Å². The Labute approximate surface area is 196 Å². The summed E-state index contributed by atoms with van der Waals surface area (Å²) in [6.07, 6.45) is 4.51. The summed E-state index contributed by atoms with van der Waals surface area (Å²) in [5.41, 5.74) is 4.63. The number of aromatic nitrogens is 1. The molecule has 1 unspecified atom stereocenters. The lowest BCUT2D eigenvalue weighted by molar-refractivity contribution is 0.0697. The number of carboxylic acid groups (broad SMARTS) is 1. The van der Waals surface area contributed by atoms with Gasteiger partial charge in [0.1, 0.15) is 0 Å². The van der Waals surface area contributed by atoms with Crippen LogP contribution in [-0.2, 0) is 6.42 Å². The molecule has 1 atom stereocenters. The van der Waals surface area contributed by atoms with Crippen molar-refractivity contribution in [1.29, 1.82) is 0 Å². The van der Waals surface area contributed by atoms with Crippen molar-refractivity contribution in [3.8, 4) is 11.5 Å². The Morgan fingerprint density at radius 2 is 2.06 bits per heavy atom. The molecule has 1 heterocycles. The third-order valence-electron chi connectivity index (χ3n) is 5.68.